The molecule has 1 aliphatic carbocycles. The Hall–Kier alpha value is -0.900. The molecule has 142 valence electrons. The van der Waals surface area contributed by atoms with E-state index in [9.17, 15) is 10.2 Å². The average Bonchev–Trinajstić information content (AvgIpc) is 3.15. The third-order valence-corrected chi connectivity index (χ3v) is 6.10. The first-order chi connectivity index (χ1) is 12.1. The van der Waals surface area contributed by atoms with Crippen molar-refractivity contribution in [2.45, 2.75) is 82.6 Å². The maximum atomic E-state index is 9.50. The van der Waals surface area contributed by atoms with E-state index in [2.05, 4.69) is 31.2 Å². The van der Waals surface area contributed by atoms with Crippen LogP contribution >= 0.6 is 0 Å². The zero-order valence-electron chi connectivity index (χ0n) is 15.9. The SMILES string of the molecule is CCCCCCCCc1ccc([C@@H]2CC[C@H](C(N)(CO)CO)C2)cc1. The largest absolute Gasteiger partial charge is 0.394 e. The Balaban J connectivity index is 1.78. The van der Waals surface area contributed by atoms with Crippen LogP contribution in [-0.4, -0.2) is 29.0 Å². The first-order valence-corrected chi connectivity index (χ1v) is 10.2. The molecule has 0 bridgehead atoms. The second-order valence-corrected chi connectivity index (χ2v) is 8.02. The molecule has 1 aromatic carbocycles. The van der Waals surface area contributed by atoms with E-state index in [1.165, 1.54) is 56.1 Å². The summed E-state index contributed by atoms with van der Waals surface area (Å²) in [5.74, 6) is 0.712. The van der Waals surface area contributed by atoms with Crippen molar-refractivity contribution in [3.05, 3.63) is 35.4 Å². The molecule has 1 saturated carbocycles. The lowest BCUT2D eigenvalue weighted by atomic mass is 9.83. The standard InChI is InChI=1S/C22H37NO2/c1-2-3-4-5-6-7-8-18-9-11-19(12-10-18)20-13-14-21(15-20)22(23,16-24)17-25/h9-12,20-21,24-25H,2-8,13-17,23H2,1H3/t20-,21+/m1/s1. The van der Waals surface area contributed by atoms with Crippen LogP contribution in [0.15, 0.2) is 24.3 Å². The number of benzene rings is 1. The fraction of sp³-hybridized carbons (Fsp3) is 0.727. The molecular formula is C22H37NO2. The van der Waals surface area contributed by atoms with E-state index in [1.54, 1.807) is 0 Å². The van der Waals surface area contributed by atoms with Crippen LogP contribution in [-0.2, 0) is 6.42 Å². The molecule has 1 fully saturated rings. The second-order valence-electron chi connectivity index (χ2n) is 8.02. The Morgan fingerprint density at radius 3 is 2.24 bits per heavy atom. The van der Waals surface area contributed by atoms with Gasteiger partial charge in [-0.2, -0.15) is 0 Å². The van der Waals surface area contributed by atoms with Gasteiger partial charge in [-0.25, -0.2) is 0 Å². The maximum absolute atomic E-state index is 9.50. The molecule has 3 heteroatoms. The first kappa shape index (κ1) is 20.4. The van der Waals surface area contributed by atoms with Crippen LogP contribution in [0, 0.1) is 5.92 Å². The molecule has 0 aliphatic heterocycles. The minimum absolute atomic E-state index is 0.141. The van der Waals surface area contributed by atoms with Gasteiger partial charge < -0.3 is 15.9 Å². The normalized spacial score (nSPS) is 21.0. The van der Waals surface area contributed by atoms with Gasteiger partial charge in [0.15, 0.2) is 0 Å². The minimum Gasteiger partial charge on any atom is -0.394 e. The Kier molecular flexibility index (Phi) is 8.41. The quantitative estimate of drug-likeness (QED) is 0.527. The highest BCUT2D eigenvalue weighted by Crippen LogP contribution is 2.42. The number of hydrogen-bond acceptors (Lipinski definition) is 3. The van der Waals surface area contributed by atoms with Crippen LogP contribution in [0.2, 0.25) is 0 Å². The summed E-state index contributed by atoms with van der Waals surface area (Å²) < 4.78 is 0. The lowest BCUT2D eigenvalue weighted by molar-refractivity contribution is 0.0766. The number of aliphatic hydroxyl groups is 2. The van der Waals surface area contributed by atoms with E-state index in [4.69, 9.17) is 5.73 Å². The van der Waals surface area contributed by atoms with Crippen molar-refractivity contribution < 1.29 is 10.2 Å². The van der Waals surface area contributed by atoms with Crippen molar-refractivity contribution in [2.24, 2.45) is 11.7 Å². The lowest BCUT2D eigenvalue weighted by Crippen LogP contribution is -2.53. The summed E-state index contributed by atoms with van der Waals surface area (Å²) in [6, 6.07) is 9.11. The highest BCUT2D eigenvalue weighted by atomic mass is 16.3. The zero-order chi connectivity index (χ0) is 18.1. The van der Waals surface area contributed by atoms with Crippen LogP contribution in [0.4, 0.5) is 0 Å². The Morgan fingerprint density at radius 2 is 1.60 bits per heavy atom. The summed E-state index contributed by atoms with van der Waals surface area (Å²) in [5, 5.41) is 19.0. The number of unbranched alkanes of at least 4 members (excludes halogenated alkanes) is 5. The van der Waals surface area contributed by atoms with Gasteiger partial charge in [0, 0.05) is 0 Å². The summed E-state index contributed by atoms with van der Waals surface area (Å²) in [5.41, 5.74) is 8.16. The topological polar surface area (TPSA) is 66.5 Å². The average molecular weight is 348 g/mol. The molecule has 4 N–H and O–H groups in total. The first-order valence-electron chi connectivity index (χ1n) is 10.2. The third-order valence-electron chi connectivity index (χ3n) is 6.10. The highest BCUT2D eigenvalue weighted by molar-refractivity contribution is 5.26. The molecule has 1 aliphatic rings. The smallest absolute Gasteiger partial charge is 0.0651 e. The van der Waals surface area contributed by atoms with Gasteiger partial charge in [0.2, 0.25) is 0 Å². The number of aliphatic hydroxyl groups excluding tert-OH is 2. The van der Waals surface area contributed by atoms with Crippen LogP contribution in [0.25, 0.3) is 0 Å². The number of nitrogens with two attached hydrogens (primary N) is 1. The van der Waals surface area contributed by atoms with Crippen molar-refractivity contribution in [3.63, 3.8) is 0 Å². The van der Waals surface area contributed by atoms with E-state index in [1.807, 2.05) is 0 Å². The molecule has 0 heterocycles. The molecular weight excluding hydrogens is 310 g/mol. The van der Waals surface area contributed by atoms with Crippen molar-refractivity contribution in [1.29, 1.82) is 0 Å². The molecule has 0 saturated heterocycles. The molecule has 0 radical (unpaired) electrons. The van der Waals surface area contributed by atoms with Gasteiger partial charge >= 0.3 is 0 Å². The van der Waals surface area contributed by atoms with Crippen LogP contribution in [0.3, 0.4) is 0 Å². The molecule has 0 spiro atoms. The fourth-order valence-corrected chi connectivity index (χ4v) is 4.18. The van der Waals surface area contributed by atoms with Gasteiger partial charge in [-0.15, -0.1) is 0 Å². The van der Waals surface area contributed by atoms with Gasteiger partial charge in [-0.1, -0.05) is 63.3 Å². The van der Waals surface area contributed by atoms with Gasteiger partial charge in [0.25, 0.3) is 0 Å². The monoisotopic (exact) mass is 347 g/mol. The summed E-state index contributed by atoms with van der Waals surface area (Å²) in [4.78, 5) is 0. The second kappa shape index (κ2) is 10.3. The molecule has 2 rings (SSSR count). The summed E-state index contributed by atoms with van der Waals surface area (Å²) in [7, 11) is 0. The van der Waals surface area contributed by atoms with E-state index >= 15 is 0 Å². The summed E-state index contributed by atoms with van der Waals surface area (Å²) >= 11 is 0. The zero-order valence-corrected chi connectivity index (χ0v) is 15.9. The van der Waals surface area contributed by atoms with E-state index in [0.717, 1.165) is 19.3 Å². The highest BCUT2D eigenvalue weighted by Gasteiger charge is 2.39. The summed E-state index contributed by atoms with van der Waals surface area (Å²) in [6.07, 6.45) is 12.3. The Morgan fingerprint density at radius 1 is 0.960 bits per heavy atom. The molecule has 0 unspecified atom stereocenters. The van der Waals surface area contributed by atoms with E-state index in [-0.39, 0.29) is 19.1 Å². The predicted octanol–water partition coefficient (Wildman–Crippen LogP) is 4.16. The van der Waals surface area contributed by atoms with Crippen LogP contribution in [0.1, 0.15) is 81.8 Å². The number of hydrogen-bond donors (Lipinski definition) is 3. The van der Waals surface area contributed by atoms with Gasteiger partial charge in [-0.05, 0) is 55.1 Å². The number of aryl methyl sites for hydroxylation is 1. The van der Waals surface area contributed by atoms with Crippen molar-refractivity contribution >= 4 is 0 Å². The summed E-state index contributed by atoms with van der Waals surface area (Å²) in [6.45, 7) is 1.98. The maximum Gasteiger partial charge on any atom is 0.0651 e. The minimum atomic E-state index is -0.827. The van der Waals surface area contributed by atoms with E-state index in [0.29, 0.717) is 5.92 Å². The van der Waals surface area contributed by atoms with Crippen molar-refractivity contribution in [1.82, 2.24) is 0 Å². The molecule has 25 heavy (non-hydrogen) atoms. The molecule has 1 aromatic rings. The lowest BCUT2D eigenvalue weighted by Gasteiger charge is -2.31. The van der Waals surface area contributed by atoms with Gasteiger partial charge in [0.05, 0.1) is 18.8 Å². The molecule has 0 amide bonds. The van der Waals surface area contributed by atoms with Gasteiger partial charge in [0.1, 0.15) is 0 Å². The molecule has 2 atom stereocenters. The van der Waals surface area contributed by atoms with Crippen LogP contribution < -0.4 is 5.73 Å². The van der Waals surface area contributed by atoms with Crippen molar-refractivity contribution in [2.75, 3.05) is 13.2 Å². The fourth-order valence-electron chi connectivity index (χ4n) is 4.18. The van der Waals surface area contributed by atoms with Crippen LogP contribution in [0.5, 0.6) is 0 Å². The van der Waals surface area contributed by atoms with E-state index < -0.39 is 5.54 Å². The predicted molar refractivity (Wildman–Crippen MR) is 105 cm³/mol. The van der Waals surface area contributed by atoms with Gasteiger partial charge in [-0.3, -0.25) is 0 Å². The Labute approximate surface area is 153 Å². The molecule has 0 aromatic heterocycles. The Bertz CT molecular complexity index is 481. The number of rotatable bonds is 11. The van der Waals surface area contributed by atoms with Crippen molar-refractivity contribution in [3.8, 4) is 0 Å². The molecule has 3 nitrogen and oxygen atoms in total. The third kappa shape index (κ3) is 5.80.